The number of fused-ring (bicyclic) bond motifs is 1. The van der Waals surface area contributed by atoms with Crippen LogP contribution in [0.1, 0.15) is 11.1 Å². The van der Waals surface area contributed by atoms with Gasteiger partial charge < -0.3 is 10.2 Å². The first-order valence-corrected chi connectivity index (χ1v) is 6.43. The minimum atomic E-state index is 0.647. The molecule has 0 saturated carbocycles. The number of nitrogens with zero attached hydrogens (tertiary/aromatic N) is 1. The lowest BCUT2D eigenvalue weighted by Gasteiger charge is -1.96. The zero-order valence-corrected chi connectivity index (χ0v) is 10.9. The predicted octanol–water partition coefficient (Wildman–Crippen LogP) is 3.30. The Morgan fingerprint density at radius 1 is 1.16 bits per heavy atom. The molecule has 0 fully saturated rings. The first-order valence-electron chi connectivity index (χ1n) is 6.43. The Morgan fingerprint density at radius 3 is 2.84 bits per heavy atom. The fourth-order valence-electron chi connectivity index (χ4n) is 2.20. The van der Waals surface area contributed by atoms with Crippen LogP contribution in [0.5, 0.6) is 0 Å². The van der Waals surface area contributed by atoms with Gasteiger partial charge in [-0.3, -0.25) is 0 Å². The van der Waals surface area contributed by atoms with E-state index in [1.165, 1.54) is 11.1 Å². The first-order chi connectivity index (χ1) is 9.26. The second kappa shape index (κ2) is 4.86. The van der Waals surface area contributed by atoms with Crippen molar-refractivity contribution in [3.05, 3.63) is 53.6 Å². The van der Waals surface area contributed by atoms with Crippen LogP contribution >= 0.6 is 0 Å². The van der Waals surface area contributed by atoms with E-state index < -0.39 is 0 Å². The predicted molar refractivity (Wildman–Crippen MR) is 76.9 cm³/mol. The second-order valence-corrected chi connectivity index (χ2v) is 4.73. The number of benzene rings is 2. The van der Waals surface area contributed by atoms with Crippen molar-refractivity contribution in [3.8, 4) is 11.5 Å². The van der Waals surface area contributed by atoms with Crippen LogP contribution < -0.4 is 5.73 Å². The lowest BCUT2D eigenvalue weighted by atomic mass is 10.1. The molecule has 2 N–H and O–H groups in total. The molecule has 0 saturated heterocycles. The van der Waals surface area contributed by atoms with E-state index in [0.29, 0.717) is 12.4 Å². The summed E-state index contributed by atoms with van der Waals surface area (Å²) in [5.74, 6) is 0.670. The summed E-state index contributed by atoms with van der Waals surface area (Å²) in [6.45, 7) is 2.71. The molecule has 3 rings (SSSR count). The van der Waals surface area contributed by atoms with E-state index >= 15 is 0 Å². The number of aryl methyl sites for hydroxylation is 1. The molecule has 0 bridgehead atoms. The molecule has 0 aliphatic carbocycles. The van der Waals surface area contributed by atoms with E-state index in [2.05, 4.69) is 24.0 Å². The van der Waals surface area contributed by atoms with Gasteiger partial charge in [-0.2, -0.15) is 0 Å². The number of aromatic nitrogens is 1. The van der Waals surface area contributed by atoms with Crippen molar-refractivity contribution in [2.45, 2.75) is 13.3 Å². The highest BCUT2D eigenvalue weighted by molar-refractivity contribution is 5.77. The van der Waals surface area contributed by atoms with Crippen molar-refractivity contribution < 1.29 is 4.42 Å². The Morgan fingerprint density at radius 2 is 2.05 bits per heavy atom. The normalized spacial score (nSPS) is 11.1. The summed E-state index contributed by atoms with van der Waals surface area (Å²) in [6, 6.07) is 14.2. The third-order valence-corrected chi connectivity index (χ3v) is 3.15. The standard InChI is InChI=1S/C16H16N2O/c1-11-3-2-4-13(9-11)16-18-14-10-12(7-8-17)5-6-15(14)19-16/h2-6,9-10H,7-8,17H2,1H3. The quantitative estimate of drug-likeness (QED) is 0.778. The van der Waals surface area contributed by atoms with E-state index in [1.54, 1.807) is 0 Å². The van der Waals surface area contributed by atoms with Crippen molar-refractivity contribution in [1.29, 1.82) is 0 Å². The smallest absolute Gasteiger partial charge is 0.227 e. The second-order valence-electron chi connectivity index (χ2n) is 4.73. The van der Waals surface area contributed by atoms with Crippen LogP contribution in [0.3, 0.4) is 0 Å². The van der Waals surface area contributed by atoms with E-state index in [4.69, 9.17) is 10.2 Å². The number of hydrogen-bond donors (Lipinski definition) is 1. The van der Waals surface area contributed by atoms with Crippen LogP contribution in [0.4, 0.5) is 0 Å². The summed E-state index contributed by atoms with van der Waals surface area (Å²) >= 11 is 0. The summed E-state index contributed by atoms with van der Waals surface area (Å²) < 4.78 is 5.80. The zero-order valence-electron chi connectivity index (χ0n) is 10.9. The Kier molecular flexibility index (Phi) is 3.05. The van der Waals surface area contributed by atoms with Gasteiger partial charge in [-0.15, -0.1) is 0 Å². The minimum absolute atomic E-state index is 0.647. The highest BCUT2D eigenvalue weighted by Crippen LogP contribution is 2.25. The van der Waals surface area contributed by atoms with Crippen LogP contribution in [0.15, 0.2) is 46.9 Å². The number of rotatable bonds is 3. The summed E-state index contributed by atoms with van der Waals surface area (Å²) in [5, 5.41) is 0. The van der Waals surface area contributed by atoms with Gasteiger partial charge in [0.05, 0.1) is 0 Å². The molecule has 0 aliphatic rings. The monoisotopic (exact) mass is 252 g/mol. The molecule has 3 heteroatoms. The van der Waals surface area contributed by atoms with Crippen LogP contribution in [0.25, 0.3) is 22.6 Å². The van der Waals surface area contributed by atoms with Crippen molar-refractivity contribution in [2.24, 2.45) is 5.73 Å². The Balaban J connectivity index is 2.06. The van der Waals surface area contributed by atoms with Gasteiger partial charge in [0.15, 0.2) is 5.58 Å². The van der Waals surface area contributed by atoms with Gasteiger partial charge in [-0.1, -0.05) is 23.8 Å². The highest BCUT2D eigenvalue weighted by atomic mass is 16.3. The van der Waals surface area contributed by atoms with Gasteiger partial charge >= 0.3 is 0 Å². The number of oxazole rings is 1. The van der Waals surface area contributed by atoms with Crippen molar-refractivity contribution in [1.82, 2.24) is 4.98 Å². The molecular formula is C16H16N2O. The SMILES string of the molecule is Cc1cccc(-c2nc3cc(CCN)ccc3o2)c1. The van der Waals surface area contributed by atoms with E-state index in [0.717, 1.165) is 23.1 Å². The molecule has 0 atom stereocenters. The summed E-state index contributed by atoms with van der Waals surface area (Å²) in [7, 11) is 0. The molecule has 0 unspecified atom stereocenters. The van der Waals surface area contributed by atoms with Gasteiger partial charge in [0, 0.05) is 5.56 Å². The number of nitrogens with two attached hydrogens (primary N) is 1. The molecule has 1 heterocycles. The maximum atomic E-state index is 5.80. The van der Waals surface area contributed by atoms with Crippen molar-refractivity contribution >= 4 is 11.1 Å². The Hall–Kier alpha value is -2.13. The van der Waals surface area contributed by atoms with Crippen LogP contribution in [-0.2, 0) is 6.42 Å². The molecule has 0 radical (unpaired) electrons. The van der Waals surface area contributed by atoms with Gasteiger partial charge in [-0.05, 0) is 49.7 Å². The molecule has 3 nitrogen and oxygen atoms in total. The fraction of sp³-hybridized carbons (Fsp3) is 0.188. The van der Waals surface area contributed by atoms with Crippen LogP contribution in [-0.4, -0.2) is 11.5 Å². The van der Waals surface area contributed by atoms with Gasteiger partial charge in [0.2, 0.25) is 5.89 Å². The fourth-order valence-corrected chi connectivity index (χ4v) is 2.20. The molecule has 0 aliphatic heterocycles. The third kappa shape index (κ3) is 2.37. The lowest BCUT2D eigenvalue weighted by Crippen LogP contribution is -2.02. The zero-order chi connectivity index (χ0) is 13.2. The molecule has 2 aromatic carbocycles. The van der Waals surface area contributed by atoms with Gasteiger partial charge in [0.1, 0.15) is 5.52 Å². The van der Waals surface area contributed by atoms with E-state index in [9.17, 15) is 0 Å². The maximum absolute atomic E-state index is 5.80. The summed E-state index contributed by atoms with van der Waals surface area (Å²) in [6.07, 6.45) is 0.864. The van der Waals surface area contributed by atoms with Crippen molar-refractivity contribution in [3.63, 3.8) is 0 Å². The average Bonchev–Trinajstić information content (AvgIpc) is 2.82. The molecule has 0 spiro atoms. The Bertz CT molecular complexity index is 716. The van der Waals surface area contributed by atoms with E-state index in [-0.39, 0.29) is 0 Å². The average molecular weight is 252 g/mol. The topological polar surface area (TPSA) is 52.0 Å². The molecule has 19 heavy (non-hydrogen) atoms. The molecule has 96 valence electrons. The third-order valence-electron chi connectivity index (χ3n) is 3.15. The van der Waals surface area contributed by atoms with E-state index in [1.807, 2.05) is 30.3 Å². The molecule has 0 amide bonds. The summed E-state index contributed by atoms with van der Waals surface area (Å²) in [4.78, 5) is 4.56. The van der Waals surface area contributed by atoms with Crippen molar-refractivity contribution in [2.75, 3.05) is 6.54 Å². The van der Waals surface area contributed by atoms with Gasteiger partial charge in [0.25, 0.3) is 0 Å². The molecule has 3 aromatic rings. The summed E-state index contributed by atoms with van der Waals surface area (Å²) in [5.41, 5.74) is 10.7. The first kappa shape index (κ1) is 11.9. The highest BCUT2D eigenvalue weighted by Gasteiger charge is 2.08. The molecule has 1 aromatic heterocycles. The minimum Gasteiger partial charge on any atom is -0.436 e. The van der Waals surface area contributed by atoms with Gasteiger partial charge in [-0.25, -0.2) is 4.98 Å². The largest absolute Gasteiger partial charge is 0.436 e. The molecular weight excluding hydrogens is 236 g/mol. The maximum Gasteiger partial charge on any atom is 0.227 e. The number of hydrogen-bond acceptors (Lipinski definition) is 3. The lowest BCUT2D eigenvalue weighted by molar-refractivity contribution is 0.619. The van der Waals surface area contributed by atoms with Crippen LogP contribution in [0.2, 0.25) is 0 Å². The Labute approximate surface area is 112 Å². The van der Waals surface area contributed by atoms with Crippen LogP contribution in [0, 0.1) is 6.92 Å².